The Morgan fingerprint density at radius 2 is 1.71 bits per heavy atom. The molecule has 76 valence electrons. The Morgan fingerprint density at radius 3 is 2.14 bits per heavy atom. The number of carbonyl (C=O) groups is 1. The molecule has 0 spiro atoms. The molecule has 0 heterocycles. The van der Waals surface area contributed by atoms with Crippen LogP contribution in [0.2, 0.25) is 0 Å². The van der Waals surface area contributed by atoms with Gasteiger partial charge in [0.1, 0.15) is 0 Å². The monoisotopic (exact) mass is 206 g/mol. The van der Waals surface area contributed by atoms with Gasteiger partial charge >= 0.3 is 0 Å². The van der Waals surface area contributed by atoms with Crippen molar-refractivity contribution in [3.63, 3.8) is 0 Å². The number of rotatable bonds is 3. The van der Waals surface area contributed by atoms with Crippen LogP contribution in [-0.2, 0) is 0 Å². The van der Waals surface area contributed by atoms with Gasteiger partial charge in [-0.25, -0.2) is 17.6 Å². The van der Waals surface area contributed by atoms with E-state index in [1.165, 1.54) is 0 Å². The van der Waals surface area contributed by atoms with E-state index in [0.29, 0.717) is 6.07 Å². The van der Waals surface area contributed by atoms with Crippen LogP contribution in [0.3, 0.4) is 0 Å². The molecule has 0 radical (unpaired) electrons. The van der Waals surface area contributed by atoms with E-state index in [9.17, 15) is 22.4 Å². The van der Waals surface area contributed by atoms with Crippen LogP contribution in [0.5, 0.6) is 0 Å². The van der Waals surface area contributed by atoms with E-state index in [1.54, 1.807) is 0 Å². The summed E-state index contributed by atoms with van der Waals surface area (Å²) in [7, 11) is 0. The third-order valence-corrected chi connectivity index (χ3v) is 1.72. The summed E-state index contributed by atoms with van der Waals surface area (Å²) in [5.74, 6) is 0. The molecule has 0 amide bonds. The van der Waals surface area contributed by atoms with Crippen molar-refractivity contribution in [3.8, 4) is 0 Å². The molecule has 0 unspecified atom stereocenters. The van der Waals surface area contributed by atoms with Gasteiger partial charge in [-0.1, -0.05) is 12.1 Å². The molecule has 0 bridgehead atoms. The number of aldehydes is 1. The Bertz CT molecular complexity index is 336. The molecule has 0 saturated heterocycles. The molecule has 0 fully saturated rings. The summed E-state index contributed by atoms with van der Waals surface area (Å²) < 4.78 is 48.7. The standard InChI is InChI=1S/C9H6F4O/c10-8(11)5-1-2-6(4-14)7(3-5)9(12)13/h1-4,8-9H. The van der Waals surface area contributed by atoms with Crippen molar-refractivity contribution < 1.29 is 22.4 Å². The van der Waals surface area contributed by atoms with Crippen LogP contribution in [0, 0.1) is 0 Å². The molecule has 0 aliphatic rings. The molecule has 1 nitrogen and oxygen atoms in total. The summed E-state index contributed by atoms with van der Waals surface area (Å²) in [5.41, 5.74) is -1.42. The van der Waals surface area contributed by atoms with Gasteiger partial charge in [0.05, 0.1) is 0 Å². The molecule has 0 aliphatic heterocycles. The maximum Gasteiger partial charge on any atom is 0.264 e. The quantitative estimate of drug-likeness (QED) is 0.547. The maximum absolute atomic E-state index is 12.3. The maximum atomic E-state index is 12.3. The van der Waals surface area contributed by atoms with E-state index in [2.05, 4.69) is 0 Å². The highest BCUT2D eigenvalue weighted by Crippen LogP contribution is 2.27. The van der Waals surface area contributed by atoms with Crippen LogP contribution in [0.25, 0.3) is 0 Å². The number of carbonyl (C=O) groups excluding carboxylic acids is 1. The van der Waals surface area contributed by atoms with Crippen molar-refractivity contribution in [2.24, 2.45) is 0 Å². The minimum atomic E-state index is -2.92. The second kappa shape index (κ2) is 4.21. The predicted octanol–water partition coefficient (Wildman–Crippen LogP) is 3.37. The normalized spacial score (nSPS) is 11.0. The van der Waals surface area contributed by atoms with Crippen LogP contribution in [-0.4, -0.2) is 6.29 Å². The second-order valence-electron chi connectivity index (χ2n) is 2.61. The van der Waals surface area contributed by atoms with Crippen LogP contribution in [0.4, 0.5) is 17.6 Å². The highest BCUT2D eigenvalue weighted by Gasteiger charge is 2.16. The van der Waals surface area contributed by atoms with E-state index in [1.807, 2.05) is 0 Å². The van der Waals surface area contributed by atoms with Crippen molar-refractivity contribution in [3.05, 3.63) is 34.9 Å². The fraction of sp³-hybridized carbons (Fsp3) is 0.222. The average molecular weight is 206 g/mol. The molecule has 5 heteroatoms. The number of alkyl halides is 4. The summed E-state index contributed by atoms with van der Waals surface area (Å²) >= 11 is 0. The molecule has 1 aromatic rings. The number of hydrogen-bond acceptors (Lipinski definition) is 1. The Balaban J connectivity index is 3.20. The molecule has 1 rings (SSSR count). The van der Waals surface area contributed by atoms with Crippen LogP contribution in [0.15, 0.2) is 18.2 Å². The second-order valence-corrected chi connectivity index (χ2v) is 2.61. The smallest absolute Gasteiger partial charge is 0.264 e. The van der Waals surface area contributed by atoms with Gasteiger partial charge in [0, 0.05) is 16.7 Å². The van der Waals surface area contributed by atoms with E-state index >= 15 is 0 Å². The summed E-state index contributed by atoms with van der Waals surface area (Å²) in [5, 5.41) is 0. The summed E-state index contributed by atoms with van der Waals surface area (Å²) in [6, 6.07) is 2.58. The van der Waals surface area contributed by atoms with Gasteiger partial charge in [0.15, 0.2) is 6.29 Å². The third kappa shape index (κ3) is 2.10. The lowest BCUT2D eigenvalue weighted by atomic mass is 10.1. The van der Waals surface area contributed by atoms with E-state index in [-0.39, 0.29) is 11.8 Å². The predicted molar refractivity (Wildman–Crippen MR) is 41.7 cm³/mol. The third-order valence-electron chi connectivity index (χ3n) is 1.72. The summed E-state index contributed by atoms with van der Waals surface area (Å²) in [6.07, 6.45) is -5.52. The highest BCUT2D eigenvalue weighted by molar-refractivity contribution is 5.77. The SMILES string of the molecule is O=Cc1ccc(C(F)F)cc1C(F)F. The average Bonchev–Trinajstić information content (AvgIpc) is 2.16. The van der Waals surface area contributed by atoms with Crippen molar-refractivity contribution in [2.75, 3.05) is 0 Å². The topological polar surface area (TPSA) is 17.1 Å². The Labute approximate surface area is 77.3 Å². The zero-order valence-corrected chi connectivity index (χ0v) is 6.88. The first kappa shape index (κ1) is 10.7. The molecular weight excluding hydrogens is 200 g/mol. The van der Waals surface area contributed by atoms with Crippen LogP contribution >= 0.6 is 0 Å². The van der Waals surface area contributed by atoms with Gasteiger partial charge in [0.2, 0.25) is 0 Å². The fourth-order valence-electron chi connectivity index (χ4n) is 1.03. The number of halogens is 4. The van der Waals surface area contributed by atoms with E-state index in [4.69, 9.17) is 0 Å². The van der Waals surface area contributed by atoms with Crippen molar-refractivity contribution in [2.45, 2.75) is 12.9 Å². The molecular formula is C9H6F4O. The van der Waals surface area contributed by atoms with Crippen LogP contribution < -0.4 is 0 Å². The summed E-state index contributed by atoms with van der Waals surface area (Å²) in [6.45, 7) is 0. The van der Waals surface area contributed by atoms with E-state index < -0.39 is 24.0 Å². The molecule has 0 N–H and O–H groups in total. The van der Waals surface area contributed by atoms with Crippen molar-refractivity contribution in [1.29, 1.82) is 0 Å². The molecule has 0 saturated carbocycles. The Morgan fingerprint density at radius 1 is 1.07 bits per heavy atom. The van der Waals surface area contributed by atoms with Gasteiger partial charge < -0.3 is 0 Å². The number of benzene rings is 1. The van der Waals surface area contributed by atoms with Gasteiger partial charge in [-0.2, -0.15) is 0 Å². The Kier molecular flexibility index (Phi) is 3.22. The first-order chi connectivity index (χ1) is 6.56. The van der Waals surface area contributed by atoms with Gasteiger partial charge in [-0.05, 0) is 6.07 Å². The van der Waals surface area contributed by atoms with Crippen molar-refractivity contribution >= 4 is 6.29 Å². The van der Waals surface area contributed by atoms with Crippen molar-refractivity contribution in [1.82, 2.24) is 0 Å². The largest absolute Gasteiger partial charge is 0.298 e. The minimum Gasteiger partial charge on any atom is -0.298 e. The molecule has 0 aliphatic carbocycles. The first-order valence-electron chi connectivity index (χ1n) is 3.71. The fourth-order valence-corrected chi connectivity index (χ4v) is 1.03. The lowest BCUT2D eigenvalue weighted by Gasteiger charge is -2.06. The first-order valence-corrected chi connectivity index (χ1v) is 3.71. The molecule has 0 atom stereocenters. The zero-order valence-electron chi connectivity index (χ0n) is 6.88. The minimum absolute atomic E-state index is 0.219. The van der Waals surface area contributed by atoms with E-state index in [0.717, 1.165) is 12.1 Å². The van der Waals surface area contributed by atoms with Gasteiger partial charge in [0.25, 0.3) is 12.9 Å². The Hall–Kier alpha value is -1.39. The lowest BCUT2D eigenvalue weighted by Crippen LogP contribution is -1.96. The highest BCUT2D eigenvalue weighted by atomic mass is 19.3. The van der Waals surface area contributed by atoms with Gasteiger partial charge in [-0.15, -0.1) is 0 Å². The van der Waals surface area contributed by atoms with Crippen LogP contribution in [0.1, 0.15) is 34.3 Å². The summed E-state index contributed by atoms with van der Waals surface area (Å²) in [4.78, 5) is 10.3. The van der Waals surface area contributed by atoms with Gasteiger partial charge in [-0.3, -0.25) is 4.79 Å². The number of hydrogen-bond donors (Lipinski definition) is 0. The molecule has 0 aromatic heterocycles. The lowest BCUT2D eigenvalue weighted by molar-refractivity contribution is 0.110. The zero-order chi connectivity index (χ0) is 10.7. The molecule has 1 aromatic carbocycles. The molecule has 14 heavy (non-hydrogen) atoms.